The Bertz CT molecular complexity index is 706. The molecular formula is C20H30N2O6S. The van der Waals surface area contributed by atoms with E-state index in [1.54, 1.807) is 26.2 Å². The molecule has 8 nitrogen and oxygen atoms in total. The molecule has 1 heterocycles. The fraction of sp³-hybridized carbons (Fsp3) is 0.700. The maximum atomic E-state index is 12.3. The monoisotopic (exact) mass is 426 g/mol. The van der Waals surface area contributed by atoms with Crippen LogP contribution < -0.4 is 5.32 Å². The molecule has 1 aliphatic rings. The second-order valence-electron chi connectivity index (χ2n) is 8.05. The van der Waals surface area contributed by atoms with Gasteiger partial charge in [-0.05, 0) is 52.9 Å². The van der Waals surface area contributed by atoms with E-state index in [1.165, 1.54) is 24.9 Å². The van der Waals surface area contributed by atoms with E-state index in [0.29, 0.717) is 11.4 Å². The minimum Gasteiger partial charge on any atom is -0.464 e. The zero-order valence-electron chi connectivity index (χ0n) is 17.5. The molecule has 1 aliphatic carbocycles. The number of ether oxygens (including phenoxy) is 3. The van der Waals surface area contributed by atoms with Gasteiger partial charge in [-0.3, -0.25) is 4.79 Å². The highest BCUT2D eigenvalue weighted by Crippen LogP contribution is 2.25. The van der Waals surface area contributed by atoms with Crippen molar-refractivity contribution in [3.05, 3.63) is 16.1 Å². The largest absolute Gasteiger partial charge is 0.464 e. The van der Waals surface area contributed by atoms with Crippen LogP contribution in [0, 0.1) is 0 Å². The molecule has 0 aromatic carbocycles. The van der Waals surface area contributed by atoms with Crippen LogP contribution in [-0.2, 0) is 19.0 Å². The van der Waals surface area contributed by atoms with Crippen LogP contribution in [0.1, 0.15) is 87.3 Å². The fourth-order valence-electron chi connectivity index (χ4n) is 3.04. The average molecular weight is 427 g/mol. The van der Waals surface area contributed by atoms with Crippen LogP contribution in [0.4, 0.5) is 4.79 Å². The van der Waals surface area contributed by atoms with Crippen LogP contribution in [0.15, 0.2) is 5.38 Å². The van der Waals surface area contributed by atoms with Gasteiger partial charge in [0.25, 0.3) is 0 Å². The second kappa shape index (κ2) is 10.6. The predicted octanol–water partition coefficient (Wildman–Crippen LogP) is 4.15. The highest BCUT2D eigenvalue weighted by molar-refractivity contribution is 7.09. The lowest BCUT2D eigenvalue weighted by atomic mass is 9.98. The minimum absolute atomic E-state index is 0.0145. The molecule has 1 atom stereocenters. The molecule has 1 amide bonds. The summed E-state index contributed by atoms with van der Waals surface area (Å²) in [6, 6.07) is -0.577. The van der Waals surface area contributed by atoms with Crippen LogP contribution >= 0.6 is 11.3 Å². The molecule has 162 valence electrons. The van der Waals surface area contributed by atoms with Crippen LogP contribution in [0.25, 0.3) is 0 Å². The van der Waals surface area contributed by atoms with E-state index in [-0.39, 0.29) is 24.2 Å². The van der Waals surface area contributed by atoms with E-state index in [1.807, 2.05) is 0 Å². The number of hydrogen-bond donors (Lipinski definition) is 1. The molecule has 0 saturated heterocycles. The number of amides is 1. The standard InChI is InChI=1S/C20H30N2O6S/c1-20(2,3)28-19(25)22-14(17-21-15(12-29-17)18(24)26-4)10-11-16(23)27-13-8-6-5-7-9-13/h12-14H,5-11H2,1-4H3,(H,22,25)/t14-/m0/s1. The maximum Gasteiger partial charge on any atom is 0.408 e. The van der Waals surface area contributed by atoms with Crippen LogP contribution in [0.3, 0.4) is 0 Å². The lowest BCUT2D eigenvalue weighted by molar-refractivity contribution is -0.150. The fourth-order valence-corrected chi connectivity index (χ4v) is 3.92. The maximum absolute atomic E-state index is 12.3. The number of thiazole rings is 1. The van der Waals surface area contributed by atoms with Gasteiger partial charge in [-0.1, -0.05) is 6.42 Å². The molecule has 0 aliphatic heterocycles. The third-order valence-electron chi connectivity index (χ3n) is 4.39. The van der Waals surface area contributed by atoms with Gasteiger partial charge in [0.15, 0.2) is 5.69 Å². The number of nitrogens with zero attached hydrogens (tertiary/aromatic N) is 1. The van der Waals surface area contributed by atoms with Crippen LogP contribution in [-0.4, -0.2) is 41.8 Å². The summed E-state index contributed by atoms with van der Waals surface area (Å²) >= 11 is 1.21. The molecule has 1 fully saturated rings. The summed E-state index contributed by atoms with van der Waals surface area (Å²) in [5.74, 6) is -0.849. The molecule has 0 radical (unpaired) electrons. The van der Waals surface area contributed by atoms with Crippen LogP contribution in [0.5, 0.6) is 0 Å². The lowest BCUT2D eigenvalue weighted by Gasteiger charge is -2.24. The number of nitrogens with one attached hydrogen (secondary N) is 1. The summed E-state index contributed by atoms with van der Waals surface area (Å²) < 4.78 is 15.5. The molecule has 2 rings (SSSR count). The number of rotatable bonds is 7. The molecule has 29 heavy (non-hydrogen) atoms. The van der Waals surface area contributed by atoms with Crippen molar-refractivity contribution in [1.29, 1.82) is 0 Å². The van der Waals surface area contributed by atoms with Gasteiger partial charge >= 0.3 is 18.0 Å². The van der Waals surface area contributed by atoms with E-state index in [0.717, 1.165) is 25.7 Å². The van der Waals surface area contributed by atoms with E-state index in [2.05, 4.69) is 15.0 Å². The van der Waals surface area contributed by atoms with Gasteiger partial charge in [0.2, 0.25) is 0 Å². The van der Waals surface area contributed by atoms with E-state index in [4.69, 9.17) is 9.47 Å². The number of esters is 2. The van der Waals surface area contributed by atoms with E-state index >= 15 is 0 Å². The summed E-state index contributed by atoms with van der Waals surface area (Å²) in [5, 5.41) is 4.81. The first kappa shape index (κ1) is 23.1. The van der Waals surface area contributed by atoms with Crippen molar-refractivity contribution >= 4 is 29.4 Å². The molecule has 0 spiro atoms. The molecule has 1 saturated carbocycles. The Labute approximate surface area is 175 Å². The van der Waals surface area contributed by atoms with Crippen molar-refractivity contribution in [2.45, 2.75) is 83.5 Å². The van der Waals surface area contributed by atoms with Crippen molar-refractivity contribution in [3.63, 3.8) is 0 Å². The highest BCUT2D eigenvalue weighted by Gasteiger charge is 2.25. The highest BCUT2D eigenvalue weighted by atomic mass is 32.1. The molecule has 1 N–H and O–H groups in total. The Hall–Kier alpha value is -2.16. The minimum atomic E-state index is -0.658. The van der Waals surface area contributed by atoms with Crippen molar-refractivity contribution < 1.29 is 28.6 Å². The normalized spacial score (nSPS) is 16.0. The summed E-state index contributed by atoms with van der Waals surface area (Å²) in [4.78, 5) is 40.4. The zero-order chi connectivity index (χ0) is 21.4. The summed E-state index contributed by atoms with van der Waals surface area (Å²) in [6.07, 6.45) is 4.94. The SMILES string of the molecule is COC(=O)c1csc([C@H](CCC(=O)OC2CCCCC2)NC(=O)OC(C)(C)C)n1. The van der Waals surface area contributed by atoms with Gasteiger partial charge in [0.1, 0.15) is 16.7 Å². The topological polar surface area (TPSA) is 104 Å². The van der Waals surface area contributed by atoms with Crippen LogP contribution in [0.2, 0.25) is 0 Å². The summed E-state index contributed by atoms with van der Waals surface area (Å²) in [6.45, 7) is 5.30. The van der Waals surface area contributed by atoms with Gasteiger partial charge in [-0.25, -0.2) is 14.6 Å². The van der Waals surface area contributed by atoms with Gasteiger partial charge in [0.05, 0.1) is 13.2 Å². The third-order valence-corrected chi connectivity index (χ3v) is 5.35. The number of aromatic nitrogens is 1. The lowest BCUT2D eigenvalue weighted by Crippen LogP contribution is -2.35. The number of hydrogen-bond acceptors (Lipinski definition) is 8. The van der Waals surface area contributed by atoms with Crippen molar-refractivity contribution in [2.24, 2.45) is 0 Å². The third kappa shape index (κ3) is 8.00. The molecule has 9 heteroatoms. The Kier molecular flexibility index (Phi) is 8.43. The quantitative estimate of drug-likeness (QED) is 0.516. The first-order chi connectivity index (χ1) is 13.7. The second-order valence-corrected chi connectivity index (χ2v) is 8.94. The molecule has 0 unspecified atom stereocenters. The van der Waals surface area contributed by atoms with Crippen molar-refractivity contribution in [3.8, 4) is 0 Å². The summed E-state index contributed by atoms with van der Waals surface area (Å²) in [7, 11) is 1.28. The average Bonchev–Trinajstić information content (AvgIpc) is 3.14. The number of alkyl carbamates (subject to hydrolysis) is 1. The van der Waals surface area contributed by atoms with Gasteiger partial charge in [-0.15, -0.1) is 11.3 Å². The number of carbonyl (C=O) groups is 3. The molecule has 0 bridgehead atoms. The molecule has 1 aromatic heterocycles. The number of carbonyl (C=O) groups excluding carboxylic acids is 3. The molecule has 1 aromatic rings. The zero-order valence-corrected chi connectivity index (χ0v) is 18.3. The Morgan fingerprint density at radius 1 is 1.24 bits per heavy atom. The smallest absolute Gasteiger partial charge is 0.408 e. The Balaban J connectivity index is 2.01. The van der Waals surface area contributed by atoms with Crippen molar-refractivity contribution in [2.75, 3.05) is 7.11 Å². The van der Waals surface area contributed by atoms with Crippen molar-refractivity contribution in [1.82, 2.24) is 10.3 Å². The van der Waals surface area contributed by atoms with E-state index < -0.39 is 23.7 Å². The summed E-state index contributed by atoms with van der Waals surface area (Å²) in [5.41, 5.74) is -0.498. The number of methoxy groups -OCH3 is 1. The molecular weight excluding hydrogens is 396 g/mol. The first-order valence-corrected chi connectivity index (χ1v) is 10.8. The van der Waals surface area contributed by atoms with Gasteiger partial charge in [-0.2, -0.15) is 0 Å². The van der Waals surface area contributed by atoms with E-state index in [9.17, 15) is 14.4 Å². The Morgan fingerprint density at radius 3 is 2.55 bits per heavy atom. The Morgan fingerprint density at radius 2 is 1.93 bits per heavy atom. The van der Waals surface area contributed by atoms with Gasteiger partial charge < -0.3 is 19.5 Å². The first-order valence-electron chi connectivity index (χ1n) is 9.90. The predicted molar refractivity (Wildman–Crippen MR) is 108 cm³/mol. The van der Waals surface area contributed by atoms with Gasteiger partial charge in [0, 0.05) is 11.8 Å².